The lowest BCUT2D eigenvalue weighted by molar-refractivity contribution is 0.255. The molecule has 32 heavy (non-hydrogen) atoms. The summed E-state index contributed by atoms with van der Waals surface area (Å²) < 4.78 is 1.92. The van der Waals surface area contributed by atoms with Crippen LogP contribution in [0.2, 0.25) is 10.0 Å². The lowest BCUT2D eigenvalue weighted by Crippen LogP contribution is -2.37. The van der Waals surface area contributed by atoms with E-state index in [1.807, 2.05) is 22.9 Å². The summed E-state index contributed by atoms with van der Waals surface area (Å²) in [4.78, 5) is 0. The molecule has 1 N–H and O–H groups in total. The highest BCUT2D eigenvalue weighted by Crippen LogP contribution is 2.36. The topological polar surface area (TPSA) is 55.6 Å². The van der Waals surface area contributed by atoms with Crippen molar-refractivity contribution in [1.29, 1.82) is 0 Å². The van der Waals surface area contributed by atoms with Crippen molar-refractivity contribution >= 4 is 35.0 Å². The number of anilines is 1. The van der Waals surface area contributed by atoms with E-state index in [9.17, 15) is 0 Å². The van der Waals surface area contributed by atoms with E-state index in [1.54, 1.807) is 6.07 Å². The summed E-state index contributed by atoms with van der Waals surface area (Å²) in [5, 5.41) is 17.8. The van der Waals surface area contributed by atoms with E-state index in [0.717, 1.165) is 23.5 Å². The maximum atomic E-state index is 6.39. The zero-order chi connectivity index (χ0) is 23.5. The van der Waals surface area contributed by atoms with E-state index in [-0.39, 0.29) is 11.5 Å². The highest BCUT2D eigenvalue weighted by molar-refractivity contribution is 6.35. The molecule has 0 aliphatic rings. The van der Waals surface area contributed by atoms with Crippen LogP contribution in [0.25, 0.3) is 6.08 Å². The predicted molar refractivity (Wildman–Crippen MR) is 134 cm³/mol. The van der Waals surface area contributed by atoms with E-state index in [1.165, 1.54) is 5.56 Å². The normalized spacial score (nSPS) is 15.0. The second-order valence-corrected chi connectivity index (χ2v) is 10.3. The molecular weight excluding hydrogens is 441 g/mol. The molecule has 0 unspecified atom stereocenters. The zero-order valence-electron chi connectivity index (χ0n) is 19.5. The van der Waals surface area contributed by atoms with Gasteiger partial charge in [0.1, 0.15) is 0 Å². The third-order valence-electron chi connectivity index (χ3n) is 5.74. The molecule has 3 rings (SSSR count). The Balaban J connectivity index is 2.00. The highest BCUT2D eigenvalue weighted by Gasteiger charge is 2.36. The third-order valence-corrected chi connectivity index (χ3v) is 6.30. The quantitative estimate of drug-likeness (QED) is 0.391. The van der Waals surface area contributed by atoms with Gasteiger partial charge in [0.15, 0.2) is 5.82 Å². The summed E-state index contributed by atoms with van der Waals surface area (Å²) in [5.41, 5.74) is 2.56. The van der Waals surface area contributed by atoms with Gasteiger partial charge in [0, 0.05) is 15.7 Å². The summed E-state index contributed by atoms with van der Waals surface area (Å²) in [6.45, 7) is 12.9. The predicted octanol–water partition coefficient (Wildman–Crippen LogP) is 7.33. The van der Waals surface area contributed by atoms with Gasteiger partial charge in [0.25, 0.3) is 0 Å². The number of nitrogens with zero attached hydrogens (tertiary/aromatic N) is 4. The van der Waals surface area contributed by atoms with Crippen LogP contribution in [-0.4, -0.2) is 20.2 Å². The number of tetrazole rings is 1. The molecule has 2 aromatic carbocycles. The van der Waals surface area contributed by atoms with Crippen LogP contribution in [0.15, 0.2) is 48.5 Å². The Labute approximate surface area is 200 Å². The fourth-order valence-electron chi connectivity index (χ4n) is 3.57. The summed E-state index contributed by atoms with van der Waals surface area (Å²) in [7, 11) is 0. The number of hydrogen-bond donors (Lipinski definition) is 1. The van der Waals surface area contributed by atoms with Gasteiger partial charge in [-0.3, -0.25) is 0 Å². The molecule has 0 amide bonds. The highest BCUT2D eigenvalue weighted by atomic mass is 35.5. The molecule has 2 atom stereocenters. The third kappa shape index (κ3) is 5.51. The summed E-state index contributed by atoms with van der Waals surface area (Å²) in [5.74, 6) is 0.785. The second kappa shape index (κ2) is 9.63. The maximum Gasteiger partial charge on any atom is 0.177 e. The molecule has 0 radical (unpaired) electrons. The van der Waals surface area contributed by atoms with E-state index in [4.69, 9.17) is 23.2 Å². The molecular formula is C25H31Cl2N5. The zero-order valence-corrected chi connectivity index (χ0v) is 21.0. The van der Waals surface area contributed by atoms with Crippen LogP contribution >= 0.6 is 23.2 Å². The van der Waals surface area contributed by atoms with Gasteiger partial charge in [0.05, 0.1) is 11.6 Å². The standard InChI is InChI=1S/C25H31Cl2N5/c1-7-25(6,28-20-13-8-17(2)9-14-20)23-29-30-31-32(23)22(24(3,4)5)15-11-18-10-12-19(26)16-21(18)27/h8-16,22,28H,7H2,1-6H3/b15-11+/t22-,25-/m1/s1. The molecule has 0 fully saturated rings. The van der Waals surface area contributed by atoms with E-state index in [0.29, 0.717) is 10.0 Å². The van der Waals surface area contributed by atoms with Crippen LogP contribution in [0.3, 0.4) is 0 Å². The molecule has 7 heteroatoms. The molecule has 0 bridgehead atoms. The van der Waals surface area contributed by atoms with Crippen molar-refractivity contribution in [3.8, 4) is 0 Å². The molecule has 5 nitrogen and oxygen atoms in total. The second-order valence-electron chi connectivity index (χ2n) is 9.46. The lowest BCUT2D eigenvalue weighted by Gasteiger charge is -2.34. The Morgan fingerprint density at radius 2 is 1.75 bits per heavy atom. The van der Waals surface area contributed by atoms with Gasteiger partial charge in [-0.25, -0.2) is 4.68 Å². The first-order chi connectivity index (χ1) is 15.0. The average molecular weight is 472 g/mol. The maximum absolute atomic E-state index is 6.39. The van der Waals surface area contributed by atoms with E-state index < -0.39 is 5.54 Å². The van der Waals surface area contributed by atoms with E-state index >= 15 is 0 Å². The molecule has 1 heterocycles. The van der Waals surface area contributed by atoms with Crippen LogP contribution in [-0.2, 0) is 5.54 Å². The summed E-state index contributed by atoms with van der Waals surface area (Å²) in [6, 6.07) is 13.8. The number of aromatic nitrogens is 4. The van der Waals surface area contributed by atoms with Crippen molar-refractivity contribution in [1.82, 2.24) is 20.2 Å². The van der Waals surface area contributed by atoms with Gasteiger partial charge in [-0.15, -0.1) is 5.10 Å². The monoisotopic (exact) mass is 471 g/mol. The van der Waals surface area contributed by atoms with Crippen LogP contribution < -0.4 is 5.32 Å². The SMILES string of the molecule is CC[C@@](C)(Nc1ccc(C)cc1)c1nnnn1[C@H](/C=C/c1ccc(Cl)cc1Cl)C(C)(C)C. The van der Waals surface area contributed by atoms with Crippen LogP contribution in [0, 0.1) is 12.3 Å². The number of allylic oxidation sites excluding steroid dienone is 1. The fraction of sp³-hybridized carbons (Fsp3) is 0.400. The first kappa shape index (κ1) is 24.3. The van der Waals surface area contributed by atoms with Gasteiger partial charge in [-0.05, 0) is 65.9 Å². The smallest absolute Gasteiger partial charge is 0.177 e. The molecule has 0 saturated heterocycles. The van der Waals surface area contributed by atoms with Crippen molar-refractivity contribution in [2.24, 2.45) is 5.41 Å². The summed E-state index contributed by atoms with van der Waals surface area (Å²) in [6.07, 6.45) is 4.93. The van der Waals surface area contributed by atoms with Crippen LogP contribution in [0.4, 0.5) is 5.69 Å². The average Bonchev–Trinajstić information content (AvgIpc) is 3.20. The van der Waals surface area contributed by atoms with Crippen LogP contribution in [0.1, 0.15) is 64.0 Å². The number of benzene rings is 2. The Kier molecular flexibility index (Phi) is 7.31. The fourth-order valence-corrected chi connectivity index (χ4v) is 4.04. The molecule has 170 valence electrons. The molecule has 3 aromatic rings. The first-order valence-electron chi connectivity index (χ1n) is 10.8. The number of aryl methyl sites for hydroxylation is 1. The Morgan fingerprint density at radius 1 is 1.06 bits per heavy atom. The largest absolute Gasteiger partial charge is 0.373 e. The van der Waals surface area contributed by atoms with Gasteiger partial charge in [-0.2, -0.15) is 0 Å². The molecule has 0 aliphatic carbocycles. The van der Waals surface area contributed by atoms with Crippen molar-refractivity contribution in [2.45, 2.75) is 59.5 Å². The van der Waals surface area contributed by atoms with Crippen LogP contribution in [0.5, 0.6) is 0 Å². The molecule has 0 saturated carbocycles. The molecule has 0 aliphatic heterocycles. The van der Waals surface area contributed by atoms with Crippen molar-refractivity contribution in [3.05, 3.63) is 75.5 Å². The first-order valence-corrected chi connectivity index (χ1v) is 11.6. The number of hydrogen-bond acceptors (Lipinski definition) is 4. The van der Waals surface area contributed by atoms with Gasteiger partial charge < -0.3 is 5.32 Å². The van der Waals surface area contributed by atoms with Gasteiger partial charge >= 0.3 is 0 Å². The number of rotatable bonds is 7. The lowest BCUT2D eigenvalue weighted by atomic mass is 9.85. The number of nitrogens with one attached hydrogen (secondary N) is 1. The van der Waals surface area contributed by atoms with E-state index in [2.05, 4.69) is 92.7 Å². The molecule has 0 spiro atoms. The minimum absolute atomic E-state index is 0.0927. The Bertz CT molecular complexity index is 1080. The number of halogens is 2. The van der Waals surface area contributed by atoms with Crippen molar-refractivity contribution in [3.63, 3.8) is 0 Å². The molecule has 1 aromatic heterocycles. The van der Waals surface area contributed by atoms with Gasteiger partial charge in [-0.1, -0.05) is 86.8 Å². The van der Waals surface area contributed by atoms with Crippen molar-refractivity contribution in [2.75, 3.05) is 5.32 Å². The Morgan fingerprint density at radius 3 is 2.34 bits per heavy atom. The Hall–Kier alpha value is -2.37. The minimum atomic E-state index is -0.450. The summed E-state index contributed by atoms with van der Waals surface area (Å²) >= 11 is 12.4. The minimum Gasteiger partial charge on any atom is -0.373 e. The van der Waals surface area contributed by atoms with Crippen molar-refractivity contribution < 1.29 is 0 Å². The van der Waals surface area contributed by atoms with Gasteiger partial charge in [0.2, 0.25) is 0 Å².